The highest BCUT2D eigenvalue weighted by Gasteiger charge is 2.51. The van der Waals surface area contributed by atoms with Gasteiger partial charge in [0.2, 0.25) is 0 Å². The molecule has 3 unspecified atom stereocenters. The molecule has 0 aromatic heterocycles. The van der Waals surface area contributed by atoms with Gasteiger partial charge < -0.3 is 15.3 Å². The lowest BCUT2D eigenvalue weighted by Crippen LogP contribution is -2.67. The van der Waals surface area contributed by atoms with Gasteiger partial charge in [-0.2, -0.15) is 0 Å². The first-order valence-corrected chi connectivity index (χ1v) is 15.9. The van der Waals surface area contributed by atoms with Crippen molar-refractivity contribution in [2.75, 3.05) is 0 Å². The molecule has 0 heterocycles. The number of carboxylic acids is 3. The molecule has 0 bridgehead atoms. The molecule has 39 heavy (non-hydrogen) atoms. The van der Waals surface area contributed by atoms with Gasteiger partial charge in [0, 0.05) is 0 Å². The van der Waals surface area contributed by atoms with Crippen LogP contribution in [0.3, 0.4) is 0 Å². The predicted molar refractivity (Wildman–Crippen MR) is 159 cm³/mol. The topological polar surface area (TPSA) is 112 Å². The van der Waals surface area contributed by atoms with E-state index in [1.165, 1.54) is 130 Å². The van der Waals surface area contributed by atoms with Crippen molar-refractivity contribution in [3.63, 3.8) is 0 Å². The molecule has 0 aromatic rings. The molecule has 0 radical (unpaired) electrons. The van der Waals surface area contributed by atoms with Gasteiger partial charge in [0.25, 0.3) is 0 Å². The maximum atomic E-state index is 11.8. The van der Waals surface area contributed by atoms with Gasteiger partial charge in [-0.3, -0.25) is 4.48 Å². The standard InChI is InChI=1S/C32H59NO6/c1-5-6-7-8-9-10-11-12-13-14-15-16-17-18-19-20-21-22-23-24-25-26-33(27(2)30(34)35,28(3)31(36)37)29(4)32(38)39/h25-29H,5-24H2,1-4H3,(H2-,34,35,36,37,38,39)/p+1/b26-25+. The Morgan fingerprint density at radius 3 is 1.03 bits per heavy atom. The highest BCUT2D eigenvalue weighted by Crippen LogP contribution is 2.27. The van der Waals surface area contributed by atoms with Crippen molar-refractivity contribution in [2.24, 2.45) is 0 Å². The summed E-state index contributed by atoms with van der Waals surface area (Å²) in [5.41, 5.74) is 0. The zero-order chi connectivity index (χ0) is 29.5. The van der Waals surface area contributed by atoms with Gasteiger partial charge in [-0.15, -0.1) is 0 Å². The first-order chi connectivity index (χ1) is 18.6. The highest BCUT2D eigenvalue weighted by molar-refractivity contribution is 5.77. The Kier molecular flexibility index (Phi) is 21.8. The van der Waals surface area contributed by atoms with Crippen molar-refractivity contribution >= 4 is 17.9 Å². The van der Waals surface area contributed by atoms with Crippen LogP contribution >= 0.6 is 0 Å². The van der Waals surface area contributed by atoms with E-state index in [9.17, 15) is 29.7 Å². The normalized spacial score (nSPS) is 15.6. The number of allylic oxidation sites excluding steroid dienone is 1. The van der Waals surface area contributed by atoms with Crippen LogP contribution in [0.4, 0.5) is 0 Å². The van der Waals surface area contributed by atoms with Gasteiger partial charge in [0.05, 0.1) is 6.20 Å². The number of nitrogens with zero attached hydrogens (tertiary/aromatic N) is 1. The minimum Gasteiger partial charge on any atom is -0.477 e. The smallest absolute Gasteiger partial charge is 0.362 e. The summed E-state index contributed by atoms with van der Waals surface area (Å²) >= 11 is 0. The third-order valence-electron chi connectivity index (χ3n) is 8.42. The first kappa shape index (κ1) is 37.1. The minimum absolute atomic E-state index is 0.654. The third-order valence-corrected chi connectivity index (χ3v) is 8.42. The van der Waals surface area contributed by atoms with Gasteiger partial charge >= 0.3 is 17.9 Å². The Balaban J connectivity index is 4.08. The van der Waals surface area contributed by atoms with E-state index in [4.69, 9.17) is 0 Å². The van der Waals surface area contributed by atoms with Gasteiger partial charge in [0.1, 0.15) is 0 Å². The number of hydrogen-bond acceptors (Lipinski definition) is 3. The Bertz CT molecular complexity index is 642. The predicted octanol–water partition coefficient (Wildman–Crippen LogP) is 8.56. The average Bonchev–Trinajstić information content (AvgIpc) is 2.90. The lowest BCUT2D eigenvalue weighted by Gasteiger charge is -2.44. The Labute approximate surface area is 238 Å². The summed E-state index contributed by atoms with van der Waals surface area (Å²) in [5.74, 6) is -3.65. The average molecular weight is 555 g/mol. The molecule has 0 saturated carbocycles. The fraction of sp³-hybridized carbons (Fsp3) is 0.844. The van der Waals surface area contributed by atoms with Crippen molar-refractivity contribution < 1.29 is 34.2 Å². The summed E-state index contributed by atoms with van der Waals surface area (Å²) in [5, 5.41) is 28.8. The summed E-state index contributed by atoms with van der Waals surface area (Å²) in [6.07, 6.45) is 28.8. The van der Waals surface area contributed by atoms with Crippen LogP contribution in [0.15, 0.2) is 12.3 Å². The van der Waals surface area contributed by atoms with Crippen LogP contribution in [0.1, 0.15) is 156 Å². The number of quaternary nitrogens is 1. The van der Waals surface area contributed by atoms with Crippen LogP contribution in [0.25, 0.3) is 0 Å². The molecule has 0 fully saturated rings. The first-order valence-electron chi connectivity index (χ1n) is 15.9. The molecule has 0 saturated heterocycles. The number of hydrogen-bond donors (Lipinski definition) is 3. The second-order valence-electron chi connectivity index (χ2n) is 11.5. The van der Waals surface area contributed by atoms with Crippen LogP contribution in [0.2, 0.25) is 0 Å². The molecule has 0 aliphatic rings. The number of unbranched alkanes of at least 4 members (excludes halogenated alkanes) is 19. The molecule has 7 heteroatoms. The number of carbonyl (C=O) groups is 3. The van der Waals surface area contributed by atoms with Crippen LogP contribution in [-0.4, -0.2) is 55.8 Å². The lowest BCUT2D eigenvalue weighted by atomic mass is 10.0. The van der Waals surface area contributed by atoms with Crippen molar-refractivity contribution in [1.29, 1.82) is 0 Å². The quantitative estimate of drug-likeness (QED) is 0.0692. The molecule has 0 rings (SSSR count). The summed E-state index contributed by atoms with van der Waals surface area (Å²) in [4.78, 5) is 35.3. The van der Waals surface area contributed by atoms with Crippen LogP contribution in [0, 0.1) is 0 Å². The number of carboxylic acid groups (broad SMARTS) is 3. The van der Waals surface area contributed by atoms with E-state index in [-0.39, 0.29) is 0 Å². The maximum absolute atomic E-state index is 11.8. The maximum Gasteiger partial charge on any atom is 0.362 e. The van der Waals surface area contributed by atoms with Crippen LogP contribution in [-0.2, 0) is 14.4 Å². The third kappa shape index (κ3) is 15.5. The van der Waals surface area contributed by atoms with E-state index < -0.39 is 40.5 Å². The molecule has 0 amide bonds. The molecule has 0 spiro atoms. The lowest BCUT2D eigenvalue weighted by molar-refractivity contribution is -0.922. The largest absolute Gasteiger partial charge is 0.477 e. The Morgan fingerprint density at radius 2 is 0.769 bits per heavy atom. The number of aliphatic carboxylic acids is 3. The van der Waals surface area contributed by atoms with Crippen LogP contribution < -0.4 is 0 Å². The summed E-state index contributed by atoms with van der Waals surface area (Å²) in [7, 11) is 0. The molecular weight excluding hydrogens is 494 g/mol. The van der Waals surface area contributed by atoms with Crippen molar-refractivity contribution in [2.45, 2.75) is 174 Å². The van der Waals surface area contributed by atoms with E-state index >= 15 is 0 Å². The summed E-state index contributed by atoms with van der Waals surface area (Å²) < 4.78 is -0.654. The molecule has 228 valence electrons. The van der Waals surface area contributed by atoms with E-state index in [1.54, 1.807) is 6.08 Å². The van der Waals surface area contributed by atoms with Crippen molar-refractivity contribution in [3.8, 4) is 0 Å². The zero-order valence-corrected chi connectivity index (χ0v) is 25.5. The Morgan fingerprint density at radius 1 is 0.513 bits per heavy atom. The second-order valence-corrected chi connectivity index (χ2v) is 11.5. The van der Waals surface area contributed by atoms with E-state index in [1.807, 2.05) is 0 Å². The fourth-order valence-corrected chi connectivity index (χ4v) is 5.57. The van der Waals surface area contributed by atoms with E-state index in [2.05, 4.69) is 6.92 Å². The van der Waals surface area contributed by atoms with E-state index in [0.717, 1.165) is 19.3 Å². The van der Waals surface area contributed by atoms with Gasteiger partial charge in [-0.05, 0) is 39.7 Å². The van der Waals surface area contributed by atoms with Crippen LogP contribution in [0.5, 0.6) is 0 Å². The monoisotopic (exact) mass is 554 g/mol. The fourth-order valence-electron chi connectivity index (χ4n) is 5.57. The summed E-state index contributed by atoms with van der Waals surface area (Å²) in [6.45, 7) is 6.40. The second kappa shape index (κ2) is 22.9. The van der Waals surface area contributed by atoms with Gasteiger partial charge in [-0.25, -0.2) is 14.4 Å². The summed E-state index contributed by atoms with van der Waals surface area (Å²) in [6, 6.07) is -3.62. The molecule has 7 nitrogen and oxygen atoms in total. The Hall–Kier alpha value is -1.89. The molecular formula is C32H60NO6+. The van der Waals surface area contributed by atoms with Crippen molar-refractivity contribution in [1.82, 2.24) is 0 Å². The SMILES string of the molecule is CCCCCCCCCCCCCCCCCCCCC/C=C/[N+](C(C)C(=O)O)(C(C)C(=O)O)C(C)C(=O)O. The molecule has 3 atom stereocenters. The van der Waals surface area contributed by atoms with Crippen molar-refractivity contribution in [3.05, 3.63) is 12.3 Å². The van der Waals surface area contributed by atoms with Gasteiger partial charge in [-0.1, -0.05) is 122 Å². The van der Waals surface area contributed by atoms with Gasteiger partial charge in [0.15, 0.2) is 18.1 Å². The molecule has 0 aliphatic heterocycles. The number of rotatable bonds is 27. The zero-order valence-electron chi connectivity index (χ0n) is 25.5. The molecule has 0 aliphatic carbocycles. The van der Waals surface area contributed by atoms with E-state index in [0.29, 0.717) is 6.42 Å². The molecule has 3 N–H and O–H groups in total. The molecule has 0 aromatic carbocycles. The highest BCUT2D eigenvalue weighted by atomic mass is 16.4. The minimum atomic E-state index is -1.22.